The van der Waals surface area contributed by atoms with E-state index in [2.05, 4.69) is 32.0 Å². The molecule has 1 saturated heterocycles. The molecule has 0 atom stereocenters. The number of amides is 2. The maximum absolute atomic E-state index is 12.3. The zero-order chi connectivity index (χ0) is 19.8. The molecule has 1 fully saturated rings. The van der Waals surface area contributed by atoms with Crippen LogP contribution in [0.3, 0.4) is 0 Å². The fourth-order valence-corrected chi connectivity index (χ4v) is 3.72. The molecular weight excluding hydrogens is 374 g/mol. The topological polar surface area (TPSA) is 77.6 Å². The molecule has 2 aromatic rings. The molecule has 2 amide bonds. The number of hydrogen-bond donors (Lipinski definition) is 2. The molecule has 0 saturated carbocycles. The molecule has 1 aromatic heterocycles. The van der Waals surface area contributed by atoms with Gasteiger partial charge in [-0.25, -0.2) is 4.98 Å². The van der Waals surface area contributed by atoms with Crippen LogP contribution in [0.5, 0.6) is 0 Å². The van der Waals surface area contributed by atoms with Gasteiger partial charge in [0.05, 0.1) is 18.8 Å². The molecule has 2 N–H and O–H groups in total. The lowest BCUT2D eigenvalue weighted by molar-refractivity contribution is -0.123. The van der Waals surface area contributed by atoms with Crippen LogP contribution in [0.4, 0.5) is 5.13 Å². The number of nitrogens with one attached hydrogen (secondary N) is 2. The summed E-state index contributed by atoms with van der Waals surface area (Å²) in [5.74, 6) is -0.0600. The molecule has 0 bridgehead atoms. The van der Waals surface area contributed by atoms with Crippen LogP contribution in [-0.4, -0.2) is 72.4 Å². The normalized spacial score (nSPS) is 15.1. The fourth-order valence-electron chi connectivity index (χ4n) is 2.99. The average molecular weight is 400 g/mol. The van der Waals surface area contributed by atoms with Gasteiger partial charge in [0.25, 0.3) is 0 Å². The largest absolute Gasteiger partial charge is 0.352 e. The average Bonchev–Trinajstić information content (AvgIpc) is 3.17. The SMILES string of the molecule is C=CCNC(=O)CN1CCN(CC(=O)Nc2nc(-c3ccccc3)cs2)CC1. The highest BCUT2D eigenvalue weighted by Crippen LogP contribution is 2.24. The molecule has 1 aromatic carbocycles. The summed E-state index contributed by atoms with van der Waals surface area (Å²) in [6.07, 6.45) is 1.67. The van der Waals surface area contributed by atoms with Crippen molar-refractivity contribution < 1.29 is 9.59 Å². The number of rotatable bonds is 8. The lowest BCUT2D eigenvalue weighted by Crippen LogP contribution is -2.51. The lowest BCUT2D eigenvalue weighted by atomic mass is 10.2. The number of nitrogens with zero attached hydrogens (tertiary/aromatic N) is 3. The molecular formula is C20H25N5O2S. The number of carbonyl (C=O) groups excluding carboxylic acids is 2. The molecule has 0 unspecified atom stereocenters. The van der Waals surface area contributed by atoms with E-state index in [-0.39, 0.29) is 11.8 Å². The third-order valence-electron chi connectivity index (χ3n) is 4.46. The number of aromatic nitrogens is 1. The Balaban J connectivity index is 1.41. The van der Waals surface area contributed by atoms with E-state index < -0.39 is 0 Å². The van der Waals surface area contributed by atoms with Gasteiger partial charge in [-0.3, -0.25) is 19.4 Å². The quantitative estimate of drug-likeness (QED) is 0.661. The first-order valence-electron chi connectivity index (χ1n) is 9.27. The van der Waals surface area contributed by atoms with Crippen LogP contribution in [0.25, 0.3) is 11.3 Å². The Morgan fingerprint density at radius 3 is 2.36 bits per heavy atom. The third-order valence-corrected chi connectivity index (χ3v) is 5.22. The number of hydrogen-bond acceptors (Lipinski definition) is 6. The standard InChI is InChI=1S/C20H25N5O2S/c1-2-8-21-18(26)13-24-9-11-25(12-10-24)14-19(27)23-20-22-17(15-28-20)16-6-4-3-5-7-16/h2-7,15H,1,8-14H2,(H,21,26)(H,22,23,27). The number of anilines is 1. The molecule has 28 heavy (non-hydrogen) atoms. The second-order valence-corrected chi connectivity index (χ2v) is 7.46. The highest BCUT2D eigenvalue weighted by atomic mass is 32.1. The van der Waals surface area contributed by atoms with Crippen molar-refractivity contribution in [1.29, 1.82) is 0 Å². The maximum atomic E-state index is 12.3. The summed E-state index contributed by atoms with van der Waals surface area (Å²) >= 11 is 1.43. The Hall–Kier alpha value is -2.55. The molecule has 148 valence electrons. The minimum Gasteiger partial charge on any atom is -0.352 e. The third kappa shape index (κ3) is 5.98. The monoisotopic (exact) mass is 399 g/mol. The first-order valence-corrected chi connectivity index (χ1v) is 10.1. The van der Waals surface area contributed by atoms with Gasteiger partial charge in [0.2, 0.25) is 11.8 Å². The summed E-state index contributed by atoms with van der Waals surface area (Å²) in [7, 11) is 0. The molecule has 0 radical (unpaired) electrons. The number of benzene rings is 1. The van der Waals surface area contributed by atoms with Crippen LogP contribution in [0.15, 0.2) is 48.4 Å². The highest BCUT2D eigenvalue weighted by molar-refractivity contribution is 7.14. The van der Waals surface area contributed by atoms with Crippen molar-refractivity contribution in [2.24, 2.45) is 0 Å². The van der Waals surface area contributed by atoms with Gasteiger partial charge in [-0.15, -0.1) is 17.9 Å². The van der Waals surface area contributed by atoms with Crippen molar-refractivity contribution in [3.63, 3.8) is 0 Å². The summed E-state index contributed by atoms with van der Waals surface area (Å²) in [5.41, 5.74) is 1.90. The van der Waals surface area contributed by atoms with Crippen LogP contribution in [0.1, 0.15) is 0 Å². The zero-order valence-electron chi connectivity index (χ0n) is 15.8. The van der Waals surface area contributed by atoms with E-state index in [9.17, 15) is 9.59 Å². The number of carbonyl (C=O) groups is 2. The lowest BCUT2D eigenvalue weighted by Gasteiger charge is -2.33. The van der Waals surface area contributed by atoms with E-state index in [0.29, 0.717) is 24.8 Å². The van der Waals surface area contributed by atoms with Crippen molar-refractivity contribution >= 4 is 28.3 Å². The van der Waals surface area contributed by atoms with Crippen molar-refractivity contribution in [1.82, 2.24) is 20.1 Å². The van der Waals surface area contributed by atoms with Crippen molar-refractivity contribution in [3.05, 3.63) is 48.4 Å². The second kappa shape index (κ2) is 10.1. The van der Waals surface area contributed by atoms with Crippen molar-refractivity contribution in [2.45, 2.75) is 0 Å². The fraction of sp³-hybridized carbons (Fsp3) is 0.350. The van der Waals surface area contributed by atoms with Gasteiger partial charge in [0.1, 0.15) is 0 Å². The maximum Gasteiger partial charge on any atom is 0.240 e. The van der Waals surface area contributed by atoms with E-state index >= 15 is 0 Å². The molecule has 7 nitrogen and oxygen atoms in total. The smallest absolute Gasteiger partial charge is 0.240 e. The Kier molecular flexibility index (Phi) is 7.30. The Labute approximate surface area is 169 Å². The van der Waals surface area contributed by atoms with Crippen LogP contribution in [0, 0.1) is 0 Å². The predicted octanol–water partition coefficient (Wildman–Crippen LogP) is 1.67. The van der Waals surface area contributed by atoms with E-state index in [1.54, 1.807) is 6.08 Å². The van der Waals surface area contributed by atoms with Crippen LogP contribution in [-0.2, 0) is 9.59 Å². The highest BCUT2D eigenvalue weighted by Gasteiger charge is 2.20. The molecule has 1 aliphatic heterocycles. The van der Waals surface area contributed by atoms with Gasteiger partial charge in [-0.2, -0.15) is 0 Å². The number of piperazine rings is 1. The number of thiazole rings is 1. The molecule has 8 heteroatoms. The molecule has 0 spiro atoms. The minimum atomic E-state index is -0.0638. The van der Waals surface area contributed by atoms with Crippen LogP contribution >= 0.6 is 11.3 Å². The van der Waals surface area contributed by atoms with Gasteiger partial charge in [-0.1, -0.05) is 36.4 Å². The van der Waals surface area contributed by atoms with Gasteiger partial charge in [0.15, 0.2) is 5.13 Å². The van der Waals surface area contributed by atoms with Crippen molar-refractivity contribution in [3.8, 4) is 11.3 Å². The molecule has 2 heterocycles. The first kappa shape index (κ1) is 20.2. The van der Waals surface area contributed by atoms with Gasteiger partial charge < -0.3 is 10.6 Å². The predicted molar refractivity (Wildman–Crippen MR) is 112 cm³/mol. The Morgan fingerprint density at radius 1 is 1.07 bits per heavy atom. The molecule has 1 aliphatic rings. The van der Waals surface area contributed by atoms with Crippen LogP contribution < -0.4 is 10.6 Å². The van der Waals surface area contributed by atoms with E-state index in [4.69, 9.17) is 0 Å². The van der Waals surface area contributed by atoms with E-state index in [1.807, 2.05) is 35.7 Å². The summed E-state index contributed by atoms with van der Waals surface area (Å²) in [5, 5.41) is 8.23. The first-order chi connectivity index (χ1) is 13.6. The van der Waals surface area contributed by atoms with Crippen LogP contribution in [0.2, 0.25) is 0 Å². The Bertz CT molecular complexity index is 800. The van der Waals surface area contributed by atoms with E-state index in [0.717, 1.165) is 37.4 Å². The van der Waals surface area contributed by atoms with E-state index in [1.165, 1.54) is 11.3 Å². The summed E-state index contributed by atoms with van der Waals surface area (Å²) in [4.78, 5) is 32.8. The van der Waals surface area contributed by atoms with Gasteiger partial charge >= 0.3 is 0 Å². The minimum absolute atomic E-state index is 0.00378. The zero-order valence-corrected chi connectivity index (χ0v) is 16.6. The Morgan fingerprint density at radius 2 is 1.71 bits per heavy atom. The molecule has 0 aliphatic carbocycles. The summed E-state index contributed by atoms with van der Waals surface area (Å²) < 4.78 is 0. The van der Waals surface area contributed by atoms with Gasteiger partial charge in [-0.05, 0) is 0 Å². The summed E-state index contributed by atoms with van der Waals surface area (Å²) in [6.45, 7) is 7.84. The summed E-state index contributed by atoms with van der Waals surface area (Å²) in [6, 6.07) is 9.90. The second-order valence-electron chi connectivity index (χ2n) is 6.60. The van der Waals surface area contributed by atoms with Crippen molar-refractivity contribution in [2.75, 3.05) is 51.1 Å². The molecule has 3 rings (SSSR count). The van der Waals surface area contributed by atoms with Gasteiger partial charge in [0, 0.05) is 43.7 Å².